The van der Waals surface area contributed by atoms with Gasteiger partial charge in [-0.3, -0.25) is 4.98 Å². The molecule has 0 fully saturated rings. The van der Waals surface area contributed by atoms with Crippen LogP contribution >= 0.6 is 0 Å². The highest BCUT2D eigenvalue weighted by atomic mass is 14.6. The summed E-state index contributed by atoms with van der Waals surface area (Å²) in [5.74, 6) is 0.357. The molecule has 0 unspecified atom stereocenters. The molecule has 0 atom stereocenters. The average molecular weight is 245 g/mol. The van der Waals surface area contributed by atoms with Gasteiger partial charge in [0.15, 0.2) is 0 Å². The molecule has 0 amide bonds. The zero-order valence-electron chi connectivity index (χ0n) is 10.6. The van der Waals surface area contributed by atoms with E-state index in [1.54, 1.807) is 0 Å². The van der Waals surface area contributed by atoms with Gasteiger partial charge in [-0.05, 0) is 28.8 Å². The van der Waals surface area contributed by atoms with Gasteiger partial charge in [0, 0.05) is 18.3 Å². The first-order chi connectivity index (χ1) is 9.43. The lowest BCUT2D eigenvalue weighted by atomic mass is 9.92. The number of benzene rings is 1. The SMILES string of the molecule is C1=CC(/C(=C\c2ccncc2)c2ccccc2)C=C1. The molecule has 0 spiro atoms. The van der Waals surface area contributed by atoms with Crippen molar-refractivity contribution in [3.63, 3.8) is 0 Å². The van der Waals surface area contributed by atoms with E-state index in [4.69, 9.17) is 0 Å². The van der Waals surface area contributed by atoms with E-state index in [0.717, 1.165) is 0 Å². The summed E-state index contributed by atoms with van der Waals surface area (Å²) in [4.78, 5) is 4.07. The van der Waals surface area contributed by atoms with Gasteiger partial charge in [0.1, 0.15) is 0 Å². The van der Waals surface area contributed by atoms with Crippen LogP contribution in [0.5, 0.6) is 0 Å². The third-order valence-electron chi connectivity index (χ3n) is 3.24. The van der Waals surface area contributed by atoms with E-state index in [1.165, 1.54) is 16.7 Å². The molecule has 0 saturated heterocycles. The Bertz CT molecular complexity index is 609. The molecule has 0 radical (unpaired) electrons. The van der Waals surface area contributed by atoms with Crippen LogP contribution in [-0.4, -0.2) is 4.98 Å². The summed E-state index contributed by atoms with van der Waals surface area (Å²) < 4.78 is 0. The van der Waals surface area contributed by atoms with Gasteiger partial charge in [0.05, 0.1) is 0 Å². The van der Waals surface area contributed by atoms with Crippen molar-refractivity contribution in [1.82, 2.24) is 4.98 Å². The highest BCUT2D eigenvalue weighted by Gasteiger charge is 2.12. The number of rotatable bonds is 3. The zero-order chi connectivity index (χ0) is 12.9. The third-order valence-corrected chi connectivity index (χ3v) is 3.24. The molecular weight excluding hydrogens is 230 g/mol. The Hall–Kier alpha value is -2.41. The first kappa shape index (κ1) is 11.7. The lowest BCUT2D eigenvalue weighted by Crippen LogP contribution is -1.95. The highest BCUT2D eigenvalue weighted by Crippen LogP contribution is 2.30. The lowest BCUT2D eigenvalue weighted by Gasteiger charge is -2.12. The van der Waals surface area contributed by atoms with Crippen molar-refractivity contribution in [3.05, 3.63) is 90.3 Å². The molecule has 0 saturated carbocycles. The third kappa shape index (κ3) is 2.71. The zero-order valence-corrected chi connectivity index (χ0v) is 10.6. The summed E-state index contributed by atoms with van der Waals surface area (Å²) in [6.07, 6.45) is 14.5. The predicted molar refractivity (Wildman–Crippen MR) is 80.3 cm³/mol. The second-order valence-corrected chi connectivity index (χ2v) is 4.54. The molecule has 2 aromatic rings. The Kier molecular flexibility index (Phi) is 3.37. The number of hydrogen-bond donors (Lipinski definition) is 0. The molecule has 19 heavy (non-hydrogen) atoms. The summed E-state index contributed by atoms with van der Waals surface area (Å²) in [5, 5.41) is 0. The fourth-order valence-corrected chi connectivity index (χ4v) is 2.28. The van der Waals surface area contributed by atoms with Crippen LogP contribution in [0.4, 0.5) is 0 Å². The summed E-state index contributed by atoms with van der Waals surface area (Å²) in [7, 11) is 0. The topological polar surface area (TPSA) is 12.9 Å². The van der Waals surface area contributed by atoms with E-state index >= 15 is 0 Å². The first-order valence-corrected chi connectivity index (χ1v) is 6.45. The van der Waals surface area contributed by atoms with E-state index < -0.39 is 0 Å². The standard InChI is InChI=1S/C18H15N/c1-2-6-16(7-3-1)18(17-8-4-5-9-17)14-15-10-12-19-13-11-15/h1-14,17H/b18-14-. The number of hydrogen-bond acceptors (Lipinski definition) is 1. The van der Waals surface area contributed by atoms with Crippen LogP contribution in [0.1, 0.15) is 11.1 Å². The van der Waals surface area contributed by atoms with Crippen molar-refractivity contribution in [2.75, 3.05) is 0 Å². The second kappa shape index (κ2) is 5.49. The van der Waals surface area contributed by atoms with Crippen molar-refractivity contribution in [3.8, 4) is 0 Å². The van der Waals surface area contributed by atoms with Crippen molar-refractivity contribution in [2.24, 2.45) is 5.92 Å². The van der Waals surface area contributed by atoms with Gasteiger partial charge in [-0.1, -0.05) is 60.7 Å². The van der Waals surface area contributed by atoms with Crippen molar-refractivity contribution >= 4 is 11.6 Å². The van der Waals surface area contributed by atoms with Gasteiger partial charge in [-0.25, -0.2) is 0 Å². The minimum atomic E-state index is 0.357. The molecule has 1 nitrogen and oxygen atoms in total. The fourth-order valence-electron chi connectivity index (χ4n) is 2.28. The second-order valence-electron chi connectivity index (χ2n) is 4.54. The molecule has 1 aliphatic carbocycles. The molecule has 1 heterocycles. The molecular formula is C18H15N. The molecule has 1 aliphatic rings. The van der Waals surface area contributed by atoms with Crippen LogP contribution in [0.2, 0.25) is 0 Å². The van der Waals surface area contributed by atoms with E-state index in [1.807, 2.05) is 30.6 Å². The minimum Gasteiger partial charge on any atom is -0.265 e. The van der Waals surface area contributed by atoms with Crippen LogP contribution in [-0.2, 0) is 0 Å². The predicted octanol–water partition coefficient (Wildman–Crippen LogP) is 4.36. The van der Waals surface area contributed by atoms with Crippen molar-refractivity contribution in [2.45, 2.75) is 0 Å². The highest BCUT2D eigenvalue weighted by molar-refractivity contribution is 5.84. The van der Waals surface area contributed by atoms with Gasteiger partial charge < -0.3 is 0 Å². The number of nitrogens with zero attached hydrogens (tertiary/aromatic N) is 1. The summed E-state index contributed by atoms with van der Waals surface area (Å²) in [6.45, 7) is 0. The van der Waals surface area contributed by atoms with E-state index in [0.29, 0.717) is 5.92 Å². The Morgan fingerprint density at radius 3 is 2.26 bits per heavy atom. The normalized spacial score (nSPS) is 15.1. The quantitative estimate of drug-likeness (QED) is 0.782. The van der Waals surface area contributed by atoms with Crippen LogP contribution < -0.4 is 0 Å². The van der Waals surface area contributed by atoms with Crippen LogP contribution in [0.15, 0.2) is 79.2 Å². The van der Waals surface area contributed by atoms with E-state index in [2.05, 4.69) is 59.6 Å². The maximum atomic E-state index is 4.07. The first-order valence-electron chi connectivity index (χ1n) is 6.45. The van der Waals surface area contributed by atoms with E-state index in [9.17, 15) is 0 Å². The minimum absolute atomic E-state index is 0.357. The van der Waals surface area contributed by atoms with Gasteiger partial charge in [-0.15, -0.1) is 0 Å². The lowest BCUT2D eigenvalue weighted by molar-refractivity contribution is 1.12. The molecule has 0 N–H and O–H groups in total. The van der Waals surface area contributed by atoms with Gasteiger partial charge in [0.2, 0.25) is 0 Å². The maximum Gasteiger partial charge on any atom is 0.0273 e. The van der Waals surface area contributed by atoms with Gasteiger partial charge >= 0.3 is 0 Å². The number of aromatic nitrogens is 1. The molecule has 1 heteroatoms. The Labute approximate surface area is 113 Å². The van der Waals surface area contributed by atoms with Crippen LogP contribution in [0, 0.1) is 5.92 Å². The average Bonchev–Trinajstić information content (AvgIpc) is 3.01. The summed E-state index contributed by atoms with van der Waals surface area (Å²) >= 11 is 0. The monoisotopic (exact) mass is 245 g/mol. The van der Waals surface area contributed by atoms with Crippen LogP contribution in [0.25, 0.3) is 11.6 Å². The smallest absolute Gasteiger partial charge is 0.0273 e. The molecule has 1 aromatic carbocycles. The fraction of sp³-hybridized carbons (Fsp3) is 0.0556. The number of allylic oxidation sites excluding steroid dienone is 5. The number of pyridine rings is 1. The Morgan fingerprint density at radius 2 is 1.58 bits per heavy atom. The molecule has 0 aliphatic heterocycles. The Morgan fingerprint density at radius 1 is 0.895 bits per heavy atom. The largest absolute Gasteiger partial charge is 0.265 e. The maximum absolute atomic E-state index is 4.07. The molecule has 1 aromatic heterocycles. The summed E-state index contributed by atoms with van der Waals surface area (Å²) in [6, 6.07) is 14.6. The van der Waals surface area contributed by atoms with E-state index in [-0.39, 0.29) is 0 Å². The Balaban J connectivity index is 2.04. The van der Waals surface area contributed by atoms with Gasteiger partial charge in [0.25, 0.3) is 0 Å². The molecule has 3 rings (SSSR count). The molecule has 0 bridgehead atoms. The summed E-state index contributed by atoms with van der Waals surface area (Å²) in [5.41, 5.74) is 3.76. The van der Waals surface area contributed by atoms with Gasteiger partial charge in [-0.2, -0.15) is 0 Å². The van der Waals surface area contributed by atoms with Crippen LogP contribution in [0.3, 0.4) is 0 Å². The molecule has 92 valence electrons. The van der Waals surface area contributed by atoms with Crippen molar-refractivity contribution < 1.29 is 0 Å². The van der Waals surface area contributed by atoms with Crippen molar-refractivity contribution in [1.29, 1.82) is 0 Å².